The topological polar surface area (TPSA) is 62.7 Å². The predicted octanol–water partition coefficient (Wildman–Crippen LogP) is 4.87. The van der Waals surface area contributed by atoms with Gasteiger partial charge in [0.05, 0.1) is 18.8 Å². The molecule has 0 saturated carbocycles. The molecule has 0 fully saturated rings. The van der Waals surface area contributed by atoms with Gasteiger partial charge in [-0.1, -0.05) is 41.9 Å². The highest BCUT2D eigenvalue weighted by Gasteiger charge is 2.26. The number of aromatic nitrogens is 3. The predicted molar refractivity (Wildman–Crippen MR) is 114 cm³/mol. The molecule has 2 heterocycles. The van der Waals surface area contributed by atoms with E-state index in [0.29, 0.717) is 10.7 Å². The molecule has 0 saturated heterocycles. The Bertz CT molecular complexity index is 1180. The normalized spacial score (nSPS) is 16.0. The summed E-state index contributed by atoms with van der Waals surface area (Å²) in [5, 5.41) is 9.39. The number of fused-ring (bicyclic) bond motifs is 2. The van der Waals surface area contributed by atoms with Crippen LogP contribution < -0.4 is 5.32 Å². The molecule has 146 valence electrons. The molecule has 2 aromatic carbocycles. The number of benzene rings is 2. The molecule has 6 heteroatoms. The number of hydrogen-bond donors (Lipinski definition) is 2. The van der Waals surface area contributed by atoms with E-state index in [0.717, 1.165) is 42.3 Å². The first-order valence-corrected chi connectivity index (χ1v) is 10.2. The Morgan fingerprint density at radius 3 is 2.93 bits per heavy atom. The van der Waals surface area contributed by atoms with E-state index < -0.39 is 0 Å². The van der Waals surface area contributed by atoms with E-state index in [1.807, 2.05) is 48.7 Å². The molecule has 1 aliphatic carbocycles. The lowest BCUT2D eigenvalue weighted by Crippen LogP contribution is -2.31. The monoisotopic (exact) mass is 404 g/mol. The molecule has 1 unspecified atom stereocenters. The summed E-state index contributed by atoms with van der Waals surface area (Å²) in [7, 11) is 0. The Morgan fingerprint density at radius 1 is 1.21 bits per heavy atom. The van der Waals surface area contributed by atoms with Crippen LogP contribution in [0.25, 0.3) is 10.9 Å². The van der Waals surface area contributed by atoms with Crippen LogP contribution in [0.15, 0.2) is 60.8 Å². The van der Waals surface area contributed by atoms with Gasteiger partial charge in [-0.05, 0) is 49.1 Å². The van der Waals surface area contributed by atoms with Gasteiger partial charge in [0.15, 0.2) is 0 Å². The number of carbonyl (C=O) groups excluding carboxylic acids is 1. The summed E-state index contributed by atoms with van der Waals surface area (Å²) in [5.74, 6) is -0.106. The Kier molecular flexibility index (Phi) is 4.60. The molecule has 0 aliphatic heterocycles. The van der Waals surface area contributed by atoms with Gasteiger partial charge in [-0.2, -0.15) is 5.10 Å². The van der Waals surface area contributed by atoms with Crippen molar-refractivity contribution >= 4 is 28.4 Å². The van der Waals surface area contributed by atoms with Crippen molar-refractivity contribution in [2.75, 3.05) is 0 Å². The number of H-pyrrole nitrogens is 1. The molecule has 0 radical (unpaired) electrons. The standard InChI is InChI=1S/C23H21ClN4O/c24-17-9-10-19-16(11-17)12-21(26-19)23(29)27-20-7-4-8-22-18(20)13-25-28(22)14-15-5-2-1-3-6-15/h1-3,5-6,9-13,20,26H,4,7-8,14H2,(H,27,29). The van der Waals surface area contributed by atoms with E-state index in [2.05, 4.69) is 32.2 Å². The number of nitrogens with one attached hydrogen (secondary N) is 2. The van der Waals surface area contributed by atoms with E-state index in [9.17, 15) is 4.79 Å². The van der Waals surface area contributed by atoms with Crippen LogP contribution in [0.2, 0.25) is 5.02 Å². The van der Waals surface area contributed by atoms with Gasteiger partial charge >= 0.3 is 0 Å². The second-order valence-electron chi connectivity index (χ2n) is 7.52. The zero-order chi connectivity index (χ0) is 19.8. The zero-order valence-electron chi connectivity index (χ0n) is 15.9. The average Bonchev–Trinajstić information content (AvgIpc) is 3.33. The zero-order valence-corrected chi connectivity index (χ0v) is 16.6. The van der Waals surface area contributed by atoms with Crippen molar-refractivity contribution in [3.8, 4) is 0 Å². The average molecular weight is 405 g/mol. The third-order valence-corrected chi connectivity index (χ3v) is 5.81. The van der Waals surface area contributed by atoms with Crippen LogP contribution in [-0.4, -0.2) is 20.7 Å². The maximum absolute atomic E-state index is 12.9. The van der Waals surface area contributed by atoms with Crippen LogP contribution in [0.3, 0.4) is 0 Å². The minimum atomic E-state index is -0.106. The van der Waals surface area contributed by atoms with Gasteiger partial charge in [0.25, 0.3) is 5.91 Å². The van der Waals surface area contributed by atoms with Crippen molar-refractivity contribution in [3.63, 3.8) is 0 Å². The lowest BCUT2D eigenvalue weighted by Gasteiger charge is -2.24. The maximum Gasteiger partial charge on any atom is 0.268 e. The van der Waals surface area contributed by atoms with Crippen molar-refractivity contribution in [2.24, 2.45) is 0 Å². The van der Waals surface area contributed by atoms with Crippen LogP contribution in [0.1, 0.15) is 46.2 Å². The van der Waals surface area contributed by atoms with Crippen molar-refractivity contribution < 1.29 is 4.79 Å². The number of rotatable bonds is 4. The number of carbonyl (C=O) groups is 1. The summed E-state index contributed by atoms with van der Waals surface area (Å²) in [4.78, 5) is 16.1. The first-order valence-electron chi connectivity index (χ1n) is 9.85. The smallest absolute Gasteiger partial charge is 0.268 e. The second-order valence-corrected chi connectivity index (χ2v) is 7.96. The van der Waals surface area contributed by atoms with Crippen molar-refractivity contribution in [1.29, 1.82) is 0 Å². The van der Waals surface area contributed by atoms with E-state index in [4.69, 9.17) is 11.6 Å². The Balaban J connectivity index is 1.37. The fourth-order valence-electron chi connectivity index (χ4n) is 4.12. The molecular formula is C23H21ClN4O. The molecular weight excluding hydrogens is 384 g/mol. The summed E-state index contributed by atoms with van der Waals surface area (Å²) in [5.41, 5.74) is 5.01. The minimum absolute atomic E-state index is 0.0224. The fraction of sp³-hybridized carbons (Fsp3) is 0.217. The van der Waals surface area contributed by atoms with E-state index in [-0.39, 0.29) is 11.9 Å². The lowest BCUT2D eigenvalue weighted by molar-refractivity contribution is 0.0928. The third-order valence-electron chi connectivity index (χ3n) is 5.57. The Morgan fingerprint density at radius 2 is 2.07 bits per heavy atom. The summed E-state index contributed by atoms with van der Waals surface area (Å²) in [6.07, 6.45) is 4.84. The molecule has 0 spiro atoms. The van der Waals surface area contributed by atoms with E-state index in [1.54, 1.807) is 0 Å². The molecule has 2 N–H and O–H groups in total. The van der Waals surface area contributed by atoms with Crippen LogP contribution in [0.5, 0.6) is 0 Å². The fourth-order valence-corrected chi connectivity index (χ4v) is 4.30. The lowest BCUT2D eigenvalue weighted by atomic mass is 9.92. The maximum atomic E-state index is 12.9. The SMILES string of the molecule is O=C(NC1CCCc2c1cnn2Cc1ccccc1)c1cc2cc(Cl)ccc2[nH]1. The molecule has 1 atom stereocenters. The summed E-state index contributed by atoms with van der Waals surface area (Å²) >= 11 is 6.06. The van der Waals surface area contributed by atoms with E-state index >= 15 is 0 Å². The van der Waals surface area contributed by atoms with E-state index in [1.165, 1.54) is 11.3 Å². The summed E-state index contributed by atoms with van der Waals surface area (Å²) < 4.78 is 2.06. The van der Waals surface area contributed by atoms with Crippen LogP contribution in [-0.2, 0) is 13.0 Å². The third kappa shape index (κ3) is 3.54. The number of amides is 1. The molecule has 2 aromatic heterocycles. The summed E-state index contributed by atoms with van der Waals surface area (Å²) in [6, 6.07) is 17.7. The van der Waals surface area contributed by atoms with Gasteiger partial charge in [-0.15, -0.1) is 0 Å². The van der Waals surface area contributed by atoms with Crippen molar-refractivity contribution in [2.45, 2.75) is 31.8 Å². The second kappa shape index (κ2) is 7.41. The molecule has 29 heavy (non-hydrogen) atoms. The highest BCUT2D eigenvalue weighted by atomic mass is 35.5. The molecule has 1 amide bonds. The molecule has 5 rings (SSSR count). The number of hydrogen-bond acceptors (Lipinski definition) is 2. The Hall–Kier alpha value is -3.05. The molecule has 5 nitrogen and oxygen atoms in total. The highest BCUT2D eigenvalue weighted by molar-refractivity contribution is 6.31. The van der Waals surface area contributed by atoms with Gasteiger partial charge in [-0.3, -0.25) is 9.48 Å². The number of aromatic amines is 1. The van der Waals surface area contributed by atoms with Crippen LogP contribution in [0.4, 0.5) is 0 Å². The molecule has 1 aliphatic rings. The van der Waals surface area contributed by atoms with Gasteiger partial charge in [0.2, 0.25) is 0 Å². The number of halogens is 1. The van der Waals surface area contributed by atoms with Gasteiger partial charge in [0, 0.05) is 27.2 Å². The van der Waals surface area contributed by atoms with Crippen molar-refractivity contribution in [3.05, 3.63) is 88.3 Å². The van der Waals surface area contributed by atoms with Crippen LogP contribution >= 0.6 is 11.6 Å². The quantitative estimate of drug-likeness (QED) is 0.509. The van der Waals surface area contributed by atoms with Gasteiger partial charge < -0.3 is 10.3 Å². The largest absolute Gasteiger partial charge is 0.351 e. The van der Waals surface area contributed by atoms with Gasteiger partial charge in [-0.25, -0.2) is 0 Å². The summed E-state index contributed by atoms with van der Waals surface area (Å²) in [6.45, 7) is 0.750. The van der Waals surface area contributed by atoms with Gasteiger partial charge in [0.1, 0.15) is 5.69 Å². The number of nitrogens with zero attached hydrogens (tertiary/aromatic N) is 2. The molecule has 0 bridgehead atoms. The molecule has 4 aromatic rings. The first kappa shape index (κ1) is 18.0. The Labute approximate surface area is 173 Å². The van der Waals surface area contributed by atoms with Crippen LogP contribution in [0, 0.1) is 0 Å². The van der Waals surface area contributed by atoms with Crippen molar-refractivity contribution in [1.82, 2.24) is 20.1 Å². The first-order chi connectivity index (χ1) is 14.2. The highest BCUT2D eigenvalue weighted by Crippen LogP contribution is 2.30. The minimum Gasteiger partial charge on any atom is -0.351 e.